The molecule has 1 unspecified atom stereocenters. The van der Waals surface area contributed by atoms with Crippen LogP contribution >= 0.6 is 0 Å². The van der Waals surface area contributed by atoms with E-state index in [9.17, 15) is 9.90 Å². The Morgan fingerprint density at radius 3 is 2.75 bits per heavy atom. The Bertz CT molecular complexity index is 418. The third kappa shape index (κ3) is 1.98. The van der Waals surface area contributed by atoms with Gasteiger partial charge in [-0.25, -0.2) is 0 Å². The van der Waals surface area contributed by atoms with Crippen molar-refractivity contribution in [1.82, 2.24) is 0 Å². The minimum absolute atomic E-state index is 0.0327. The molecule has 4 aliphatic carbocycles. The first-order valence-corrected chi connectivity index (χ1v) is 8.75. The largest absolute Gasteiger partial charge is 0.393 e. The highest BCUT2D eigenvalue weighted by molar-refractivity contribution is 5.82. The molecule has 20 heavy (non-hydrogen) atoms. The monoisotopic (exact) mass is 276 g/mol. The van der Waals surface area contributed by atoms with Gasteiger partial charge < -0.3 is 5.11 Å². The molecule has 0 heterocycles. The molecular formula is C18H28O2. The molecule has 2 nitrogen and oxygen atoms in total. The second-order valence-corrected chi connectivity index (χ2v) is 8.60. The molecule has 7 atom stereocenters. The molecule has 4 fully saturated rings. The maximum atomic E-state index is 12.0. The fourth-order valence-corrected chi connectivity index (χ4v) is 6.43. The molecular weight excluding hydrogens is 248 g/mol. The van der Waals surface area contributed by atoms with Crippen molar-refractivity contribution < 1.29 is 9.90 Å². The third-order valence-corrected chi connectivity index (χ3v) is 7.44. The Morgan fingerprint density at radius 1 is 1.05 bits per heavy atom. The lowest BCUT2D eigenvalue weighted by atomic mass is 9.52. The van der Waals surface area contributed by atoms with E-state index in [0.29, 0.717) is 17.1 Å². The van der Waals surface area contributed by atoms with Crippen molar-refractivity contribution in [3.05, 3.63) is 0 Å². The van der Waals surface area contributed by atoms with E-state index in [2.05, 4.69) is 6.92 Å². The summed E-state index contributed by atoms with van der Waals surface area (Å²) in [6.45, 7) is 2.38. The highest BCUT2D eigenvalue weighted by Gasteiger charge is 2.54. The van der Waals surface area contributed by atoms with Crippen LogP contribution in [0.3, 0.4) is 0 Å². The fourth-order valence-electron chi connectivity index (χ4n) is 6.43. The van der Waals surface area contributed by atoms with Crippen molar-refractivity contribution in [3.8, 4) is 0 Å². The van der Waals surface area contributed by atoms with Crippen LogP contribution in [0.1, 0.15) is 64.7 Å². The molecule has 4 aliphatic rings. The van der Waals surface area contributed by atoms with Crippen molar-refractivity contribution in [2.75, 3.05) is 0 Å². The molecule has 0 aromatic heterocycles. The molecule has 0 spiro atoms. The van der Waals surface area contributed by atoms with E-state index in [4.69, 9.17) is 0 Å². The Balaban J connectivity index is 1.55. The summed E-state index contributed by atoms with van der Waals surface area (Å²) in [6, 6.07) is 0. The van der Waals surface area contributed by atoms with Gasteiger partial charge in [0.1, 0.15) is 5.78 Å². The molecule has 4 saturated carbocycles. The summed E-state index contributed by atoms with van der Waals surface area (Å²) in [7, 11) is 0. The zero-order chi connectivity index (χ0) is 13.9. The van der Waals surface area contributed by atoms with Crippen molar-refractivity contribution in [3.63, 3.8) is 0 Å². The molecule has 0 aromatic rings. The lowest BCUT2D eigenvalue weighted by Gasteiger charge is -2.53. The van der Waals surface area contributed by atoms with Crippen LogP contribution in [0.15, 0.2) is 0 Å². The Hall–Kier alpha value is -0.370. The van der Waals surface area contributed by atoms with Crippen molar-refractivity contribution in [2.45, 2.75) is 70.8 Å². The zero-order valence-corrected chi connectivity index (χ0v) is 12.7. The van der Waals surface area contributed by atoms with Gasteiger partial charge >= 0.3 is 0 Å². The Labute approximate surface area is 122 Å². The van der Waals surface area contributed by atoms with Crippen LogP contribution in [0.25, 0.3) is 0 Å². The van der Waals surface area contributed by atoms with Gasteiger partial charge in [0.15, 0.2) is 0 Å². The summed E-state index contributed by atoms with van der Waals surface area (Å²) in [5.41, 5.74) is 0.333. The van der Waals surface area contributed by atoms with Crippen molar-refractivity contribution >= 4 is 5.78 Å². The highest BCUT2D eigenvalue weighted by Crippen LogP contribution is 2.60. The molecule has 0 radical (unpaired) electrons. The van der Waals surface area contributed by atoms with E-state index >= 15 is 0 Å². The van der Waals surface area contributed by atoms with E-state index < -0.39 is 0 Å². The normalized spacial score (nSPS) is 55.0. The lowest BCUT2D eigenvalue weighted by Crippen LogP contribution is -2.45. The maximum Gasteiger partial charge on any atom is 0.133 e. The first-order chi connectivity index (χ1) is 9.55. The Kier molecular flexibility index (Phi) is 3.03. The minimum atomic E-state index is -0.0327. The van der Waals surface area contributed by atoms with Gasteiger partial charge in [-0.2, -0.15) is 0 Å². The van der Waals surface area contributed by atoms with Crippen molar-refractivity contribution in [1.29, 1.82) is 0 Å². The molecule has 4 rings (SSSR count). The number of carbonyl (C=O) groups excluding carboxylic acids is 1. The number of ketones is 1. The number of rotatable bonds is 0. The van der Waals surface area contributed by atoms with Gasteiger partial charge in [-0.05, 0) is 80.0 Å². The summed E-state index contributed by atoms with van der Waals surface area (Å²) in [6.07, 6.45) is 10.3. The van der Waals surface area contributed by atoms with Gasteiger partial charge in [0, 0.05) is 12.8 Å². The average molecular weight is 276 g/mol. The third-order valence-electron chi connectivity index (χ3n) is 7.44. The number of Topliss-reactive ketones (excluding diaryl/α,β-unsaturated/α-hetero) is 1. The van der Waals surface area contributed by atoms with Gasteiger partial charge in [0.05, 0.1) is 6.10 Å². The highest BCUT2D eigenvalue weighted by atomic mass is 16.3. The van der Waals surface area contributed by atoms with Crippen LogP contribution in [0.5, 0.6) is 0 Å². The Morgan fingerprint density at radius 2 is 1.90 bits per heavy atom. The number of aliphatic hydroxyl groups excluding tert-OH is 1. The van der Waals surface area contributed by atoms with E-state index in [0.717, 1.165) is 49.4 Å². The second kappa shape index (κ2) is 4.56. The van der Waals surface area contributed by atoms with Gasteiger partial charge in [0.2, 0.25) is 0 Å². The topological polar surface area (TPSA) is 37.3 Å². The molecule has 0 saturated heterocycles. The van der Waals surface area contributed by atoms with Crippen LogP contribution in [-0.2, 0) is 4.79 Å². The number of hydrogen-bond donors (Lipinski definition) is 1. The van der Waals surface area contributed by atoms with Crippen LogP contribution in [-0.4, -0.2) is 17.0 Å². The quantitative estimate of drug-likeness (QED) is 0.734. The van der Waals surface area contributed by atoms with Crippen LogP contribution in [0.2, 0.25) is 0 Å². The summed E-state index contributed by atoms with van der Waals surface area (Å²) < 4.78 is 0. The predicted molar refractivity (Wildman–Crippen MR) is 78.1 cm³/mol. The molecule has 0 aromatic carbocycles. The minimum Gasteiger partial charge on any atom is -0.393 e. The van der Waals surface area contributed by atoms with Gasteiger partial charge in [-0.3, -0.25) is 4.79 Å². The average Bonchev–Trinajstić information content (AvgIpc) is 2.71. The summed E-state index contributed by atoms with van der Waals surface area (Å²) in [5, 5.41) is 9.93. The fraction of sp³-hybridized carbons (Fsp3) is 0.944. The summed E-state index contributed by atoms with van der Waals surface area (Å²) in [4.78, 5) is 12.0. The van der Waals surface area contributed by atoms with Gasteiger partial charge in [-0.1, -0.05) is 6.92 Å². The standard InChI is InChI=1S/C18H28O2/c1-18-5-4-12-6-13-7-14(19)3-2-11(13)8-16(12)17(18)9-15(20)10-18/h11-14,16-17,19H,2-10H2,1H3/t11-,12+,13+,14-,16?,17-,18+/m1/s1. The SMILES string of the molecule is C[C@@]12CC[C@H]3C[C@H]4C[C@H](O)CC[C@@H]4CC3[C@H]1CC(=O)C2. The number of carbonyl (C=O) groups is 1. The van der Waals surface area contributed by atoms with Gasteiger partial charge in [0.25, 0.3) is 0 Å². The van der Waals surface area contributed by atoms with Crippen LogP contribution in [0, 0.1) is 35.0 Å². The number of fused-ring (bicyclic) bond motifs is 4. The molecule has 0 amide bonds. The number of hydrogen-bond acceptors (Lipinski definition) is 2. The molecule has 112 valence electrons. The molecule has 0 bridgehead atoms. The van der Waals surface area contributed by atoms with E-state index in [1.165, 1.54) is 32.1 Å². The smallest absolute Gasteiger partial charge is 0.133 e. The summed E-state index contributed by atoms with van der Waals surface area (Å²) in [5.74, 6) is 4.50. The molecule has 0 aliphatic heterocycles. The first-order valence-electron chi connectivity index (χ1n) is 8.75. The van der Waals surface area contributed by atoms with E-state index in [1.807, 2.05) is 0 Å². The lowest BCUT2D eigenvalue weighted by molar-refractivity contribution is -0.118. The number of aliphatic hydroxyl groups is 1. The molecule has 1 N–H and O–H groups in total. The van der Waals surface area contributed by atoms with Crippen molar-refractivity contribution in [2.24, 2.45) is 35.0 Å². The first kappa shape index (κ1) is 13.3. The predicted octanol–water partition coefficient (Wildman–Crippen LogP) is 3.57. The zero-order valence-electron chi connectivity index (χ0n) is 12.7. The maximum absolute atomic E-state index is 12.0. The molecule has 2 heteroatoms. The van der Waals surface area contributed by atoms with Gasteiger partial charge in [-0.15, -0.1) is 0 Å². The van der Waals surface area contributed by atoms with E-state index in [1.54, 1.807) is 0 Å². The van der Waals surface area contributed by atoms with Crippen LogP contribution < -0.4 is 0 Å². The van der Waals surface area contributed by atoms with Crippen LogP contribution in [0.4, 0.5) is 0 Å². The second-order valence-electron chi connectivity index (χ2n) is 8.60. The van der Waals surface area contributed by atoms with E-state index in [-0.39, 0.29) is 6.10 Å². The summed E-state index contributed by atoms with van der Waals surface area (Å²) >= 11 is 0.